The lowest BCUT2D eigenvalue weighted by Gasteiger charge is -2.05. The first-order chi connectivity index (χ1) is 8.19. The van der Waals surface area contributed by atoms with Gasteiger partial charge in [0.25, 0.3) is 0 Å². The number of hydrogen-bond donors (Lipinski definition) is 2. The number of halogens is 1. The molecule has 0 fully saturated rings. The lowest BCUT2D eigenvalue weighted by molar-refractivity contribution is 0.176. The van der Waals surface area contributed by atoms with Crippen molar-refractivity contribution in [2.24, 2.45) is 4.99 Å². The zero-order valence-electron chi connectivity index (χ0n) is 9.24. The summed E-state index contributed by atoms with van der Waals surface area (Å²) in [7, 11) is 1.32. The normalized spacial score (nSPS) is 18.2. The van der Waals surface area contributed by atoms with Crippen LogP contribution in [-0.4, -0.2) is 25.7 Å². The molecule has 1 aliphatic rings. The summed E-state index contributed by atoms with van der Waals surface area (Å²) in [4.78, 5) is 15.3. The summed E-state index contributed by atoms with van der Waals surface area (Å²) >= 11 is 3.38. The molecule has 1 atom stereocenters. The number of guanidine groups is 1. The second-order valence-corrected chi connectivity index (χ2v) is 4.46. The van der Waals surface area contributed by atoms with E-state index < -0.39 is 6.09 Å². The Morgan fingerprint density at radius 2 is 2.24 bits per heavy atom. The van der Waals surface area contributed by atoms with Gasteiger partial charge in [-0.15, -0.1) is 0 Å². The molecule has 1 amide bonds. The van der Waals surface area contributed by atoms with Crippen LogP contribution in [0.5, 0.6) is 0 Å². The number of aliphatic imine (C=N–C) groups is 1. The molecule has 1 heterocycles. The van der Waals surface area contributed by atoms with Gasteiger partial charge in [0.15, 0.2) is 0 Å². The number of carbonyl (C=O) groups is 1. The molecule has 1 aliphatic heterocycles. The number of nitrogens with zero attached hydrogens (tertiary/aromatic N) is 1. The van der Waals surface area contributed by atoms with Crippen molar-refractivity contribution in [3.05, 3.63) is 34.3 Å². The van der Waals surface area contributed by atoms with Gasteiger partial charge in [-0.3, -0.25) is 5.32 Å². The fourth-order valence-electron chi connectivity index (χ4n) is 1.54. The number of alkyl carbamates (subject to hydrolysis) is 1. The Morgan fingerprint density at radius 1 is 1.53 bits per heavy atom. The molecule has 6 heteroatoms. The van der Waals surface area contributed by atoms with Gasteiger partial charge in [-0.05, 0) is 17.7 Å². The molecule has 2 rings (SSSR count). The molecule has 17 heavy (non-hydrogen) atoms. The topological polar surface area (TPSA) is 62.7 Å². The maximum absolute atomic E-state index is 11.0. The molecule has 0 aliphatic carbocycles. The molecule has 0 saturated carbocycles. The summed E-state index contributed by atoms with van der Waals surface area (Å²) in [6.45, 7) is 0.668. The van der Waals surface area contributed by atoms with Crippen molar-refractivity contribution >= 4 is 28.0 Å². The third-order valence-corrected chi connectivity index (χ3v) is 2.94. The molecular formula is C11H12BrN3O2. The van der Waals surface area contributed by atoms with Crippen molar-refractivity contribution in [1.29, 1.82) is 0 Å². The maximum Gasteiger partial charge on any atom is 0.413 e. The van der Waals surface area contributed by atoms with Gasteiger partial charge < -0.3 is 10.1 Å². The van der Waals surface area contributed by atoms with E-state index in [2.05, 4.69) is 36.3 Å². The molecule has 0 bridgehead atoms. The van der Waals surface area contributed by atoms with Gasteiger partial charge in [-0.2, -0.15) is 0 Å². The van der Waals surface area contributed by atoms with Crippen molar-refractivity contribution in [3.8, 4) is 0 Å². The Morgan fingerprint density at radius 3 is 2.88 bits per heavy atom. The fraction of sp³-hybridized carbons (Fsp3) is 0.273. The highest BCUT2D eigenvalue weighted by molar-refractivity contribution is 9.10. The third-order valence-electron chi connectivity index (χ3n) is 2.41. The van der Waals surface area contributed by atoms with Gasteiger partial charge in [-0.1, -0.05) is 28.1 Å². The Balaban J connectivity index is 2.05. The Hall–Kier alpha value is -1.56. The summed E-state index contributed by atoms with van der Waals surface area (Å²) in [6, 6.07) is 7.96. The summed E-state index contributed by atoms with van der Waals surface area (Å²) in [5.41, 5.74) is 1.10. The SMILES string of the molecule is COC(=O)NC1=NC(c2ccc(Br)cc2)CN1. The fourth-order valence-corrected chi connectivity index (χ4v) is 1.81. The van der Waals surface area contributed by atoms with Crippen molar-refractivity contribution in [3.63, 3.8) is 0 Å². The molecule has 1 aromatic carbocycles. The Bertz CT molecular complexity index is 445. The Labute approximate surface area is 107 Å². The monoisotopic (exact) mass is 297 g/mol. The molecule has 0 radical (unpaired) electrons. The van der Waals surface area contributed by atoms with Crippen LogP contribution in [0.2, 0.25) is 0 Å². The number of nitrogens with one attached hydrogen (secondary N) is 2. The highest BCUT2D eigenvalue weighted by Crippen LogP contribution is 2.21. The quantitative estimate of drug-likeness (QED) is 0.831. The van der Waals surface area contributed by atoms with Crippen molar-refractivity contribution in [2.75, 3.05) is 13.7 Å². The maximum atomic E-state index is 11.0. The van der Waals surface area contributed by atoms with Gasteiger partial charge in [0, 0.05) is 11.0 Å². The number of ether oxygens (including phenoxy) is 1. The van der Waals surface area contributed by atoms with Crippen LogP contribution >= 0.6 is 15.9 Å². The minimum Gasteiger partial charge on any atom is -0.453 e. The molecule has 90 valence electrons. The average Bonchev–Trinajstić information content (AvgIpc) is 2.78. The van der Waals surface area contributed by atoms with Gasteiger partial charge in [0.05, 0.1) is 13.2 Å². The van der Waals surface area contributed by atoms with Crippen LogP contribution in [0.1, 0.15) is 11.6 Å². The zero-order chi connectivity index (χ0) is 12.3. The minimum atomic E-state index is -0.521. The molecule has 5 nitrogen and oxygen atoms in total. The van der Waals surface area contributed by atoms with Crippen molar-refractivity contribution in [1.82, 2.24) is 10.6 Å². The standard InChI is InChI=1S/C11H12BrN3O2/c1-17-11(16)15-10-13-6-9(14-10)7-2-4-8(12)5-3-7/h2-5,9H,6H2,1H3,(H2,13,14,15,16). The summed E-state index contributed by atoms with van der Waals surface area (Å²) in [5.74, 6) is 0.449. The van der Waals surface area contributed by atoms with Crippen LogP contribution < -0.4 is 10.6 Å². The summed E-state index contributed by atoms with van der Waals surface area (Å²) < 4.78 is 5.52. The number of carbonyl (C=O) groups excluding carboxylic acids is 1. The van der Waals surface area contributed by atoms with E-state index in [0.29, 0.717) is 12.5 Å². The second-order valence-electron chi connectivity index (χ2n) is 3.54. The van der Waals surface area contributed by atoms with Crippen LogP contribution in [-0.2, 0) is 4.74 Å². The summed E-state index contributed by atoms with van der Waals surface area (Å²) in [5, 5.41) is 5.52. The molecular weight excluding hydrogens is 286 g/mol. The van der Waals surface area contributed by atoms with Crippen molar-refractivity contribution in [2.45, 2.75) is 6.04 Å². The molecule has 1 unspecified atom stereocenters. The first kappa shape index (κ1) is 11.9. The minimum absolute atomic E-state index is 0.0234. The number of benzene rings is 1. The molecule has 0 spiro atoms. The van der Waals surface area contributed by atoms with E-state index in [9.17, 15) is 4.79 Å². The third kappa shape index (κ3) is 2.97. The van der Waals surface area contributed by atoms with E-state index in [4.69, 9.17) is 0 Å². The van der Waals surface area contributed by atoms with E-state index in [1.54, 1.807) is 0 Å². The van der Waals surface area contributed by atoms with Crippen LogP contribution in [0.15, 0.2) is 33.7 Å². The van der Waals surface area contributed by atoms with E-state index in [1.165, 1.54) is 7.11 Å². The van der Waals surface area contributed by atoms with Gasteiger partial charge in [0.2, 0.25) is 5.96 Å². The van der Waals surface area contributed by atoms with Crippen molar-refractivity contribution < 1.29 is 9.53 Å². The Kier molecular flexibility index (Phi) is 3.63. The average molecular weight is 298 g/mol. The van der Waals surface area contributed by atoms with E-state index in [0.717, 1.165) is 10.0 Å². The van der Waals surface area contributed by atoms with Crippen LogP contribution in [0.25, 0.3) is 0 Å². The highest BCUT2D eigenvalue weighted by Gasteiger charge is 2.19. The largest absolute Gasteiger partial charge is 0.453 e. The second kappa shape index (κ2) is 5.18. The molecule has 2 N–H and O–H groups in total. The number of rotatable bonds is 1. The lowest BCUT2D eigenvalue weighted by Crippen LogP contribution is -2.37. The smallest absolute Gasteiger partial charge is 0.413 e. The first-order valence-electron chi connectivity index (χ1n) is 5.11. The van der Waals surface area contributed by atoms with E-state index >= 15 is 0 Å². The molecule has 0 aromatic heterocycles. The van der Waals surface area contributed by atoms with E-state index in [-0.39, 0.29) is 6.04 Å². The van der Waals surface area contributed by atoms with Gasteiger partial charge in [0.1, 0.15) is 0 Å². The molecule has 0 saturated heterocycles. The highest BCUT2D eigenvalue weighted by atomic mass is 79.9. The van der Waals surface area contributed by atoms with Crippen LogP contribution in [0.3, 0.4) is 0 Å². The predicted molar refractivity (Wildman–Crippen MR) is 67.9 cm³/mol. The van der Waals surface area contributed by atoms with E-state index in [1.807, 2.05) is 24.3 Å². The summed E-state index contributed by atoms with van der Waals surface area (Å²) in [6.07, 6.45) is -0.521. The zero-order valence-corrected chi connectivity index (χ0v) is 10.8. The van der Waals surface area contributed by atoms with Crippen LogP contribution in [0.4, 0.5) is 4.79 Å². The number of methoxy groups -OCH3 is 1. The molecule has 1 aromatic rings. The number of hydrogen-bond acceptors (Lipinski definition) is 4. The lowest BCUT2D eigenvalue weighted by atomic mass is 10.1. The van der Waals surface area contributed by atoms with Crippen LogP contribution in [0, 0.1) is 0 Å². The van der Waals surface area contributed by atoms with Gasteiger partial charge >= 0.3 is 6.09 Å². The van der Waals surface area contributed by atoms with Gasteiger partial charge in [-0.25, -0.2) is 9.79 Å². The first-order valence-corrected chi connectivity index (χ1v) is 5.90. The number of amides is 1. The predicted octanol–water partition coefficient (Wildman–Crippen LogP) is 1.81.